The lowest BCUT2D eigenvalue weighted by molar-refractivity contribution is 0.0835. The van der Waals surface area contributed by atoms with Crippen LogP contribution in [-0.2, 0) is 11.2 Å². The van der Waals surface area contributed by atoms with Gasteiger partial charge in [0.25, 0.3) is 6.02 Å². The predicted molar refractivity (Wildman–Crippen MR) is 67.1 cm³/mol. The second kappa shape index (κ2) is 3.57. The molecule has 1 aromatic carbocycles. The van der Waals surface area contributed by atoms with Crippen molar-refractivity contribution in [2.45, 2.75) is 18.4 Å². The number of nitrogens with two attached hydrogens (primary N) is 1. The van der Waals surface area contributed by atoms with Gasteiger partial charge >= 0.3 is 0 Å². The highest BCUT2D eigenvalue weighted by Crippen LogP contribution is 2.35. The Labute approximate surface area is 107 Å². The Morgan fingerprint density at radius 1 is 1.47 bits per heavy atom. The first kappa shape index (κ1) is 10.8. The van der Waals surface area contributed by atoms with E-state index in [1.165, 1.54) is 0 Å². The summed E-state index contributed by atoms with van der Waals surface area (Å²) in [4.78, 5) is 16.7. The molecule has 1 atom stereocenters. The lowest BCUT2D eigenvalue weighted by Crippen LogP contribution is -2.42. The average molecular weight is 295 g/mol. The standard InChI is InChI=1S/C12H11BrN2O2/c13-8-2-1-7-3-4-12(6-17-11(14)15-12)10(16)9(7)5-8/h1-2,5H,3-4,6H2,(H2,14,15)/t12-/m1/s1. The summed E-state index contributed by atoms with van der Waals surface area (Å²) in [5.74, 6) is 0.0144. The van der Waals surface area contributed by atoms with Crippen LogP contribution in [0.1, 0.15) is 22.3 Å². The van der Waals surface area contributed by atoms with Gasteiger partial charge in [0, 0.05) is 10.0 Å². The van der Waals surface area contributed by atoms with Crippen LogP contribution in [0, 0.1) is 0 Å². The average Bonchev–Trinajstić information content (AvgIpc) is 2.68. The summed E-state index contributed by atoms with van der Waals surface area (Å²) in [5, 5.41) is 0. The highest BCUT2D eigenvalue weighted by molar-refractivity contribution is 9.10. The van der Waals surface area contributed by atoms with Crippen LogP contribution in [0.3, 0.4) is 0 Å². The molecule has 2 N–H and O–H groups in total. The number of Topliss-reactive ketones (excluding diaryl/α,β-unsaturated/α-hetero) is 1. The molecule has 1 spiro atoms. The smallest absolute Gasteiger partial charge is 0.283 e. The van der Waals surface area contributed by atoms with Crippen LogP contribution >= 0.6 is 15.9 Å². The maximum atomic E-state index is 12.5. The van der Waals surface area contributed by atoms with Gasteiger partial charge in [-0.15, -0.1) is 0 Å². The first-order chi connectivity index (χ1) is 8.11. The highest BCUT2D eigenvalue weighted by Gasteiger charge is 2.46. The molecule has 2 aliphatic rings. The van der Waals surface area contributed by atoms with Crippen molar-refractivity contribution in [3.05, 3.63) is 33.8 Å². The highest BCUT2D eigenvalue weighted by atomic mass is 79.9. The van der Waals surface area contributed by atoms with E-state index in [0.29, 0.717) is 6.42 Å². The zero-order valence-electron chi connectivity index (χ0n) is 9.07. The monoisotopic (exact) mass is 294 g/mol. The van der Waals surface area contributed by atoms with E-state index < -0.39 is 5.54 Å². The third kappa shape index (κ3) is 1.57. The van der Waals surface area contributed by atoms with Gasteiger partial charge < -0.3 is 10.5 Å². The maximum absolute atomic E-state index is 12.5. The Hall–Kier alpha value is -1.36. The van der Waals surface area contributed by atoms with Crippen molar-refractivity contribution in [1.29, 1.82) is 0 Å². The number of ketones is 1. The van der Waals surface area contributed by atoms with E-state index in [9.17, 15) is 4.79 Å². The molecular formula is C12H11BrN2O2. The number of carbonyl (C=O) groups excluding carboxylic acids is 1. The van der Waals surface area contributed by atoms with E-state index >= 15 is 0 Å². The van der Waals surface area contributed by atoms with E-state index in [4.69, 9.17) is 10.5 Å². The number of rotatable bonds is 0. The molecule has 0 unspecified atom stereocenters. The third-order valence-corrected chi connectivity index (χ3v) is 3.82. The molecule has 0 aromatic heterocycles. The number of aryl methyl sites for hydroxylation is 1. The predicted octanol–water partition coefficient (Wildman–Crippen LogP) is 1.66. The summed E-state index contributed by atoms with van der Waals surface area (Å²) in [6.07, 6.45) is 1.50. The minimum atomic E-state index is -0.780. The quantitative estimate of drug-likeness (QED) is 0.791. The van der Waals surface area contributed by atoms with Crippen molar-refractivity contribution in [2.24, 2.45) is 10.7 Å². The van der Waals surface area contributed by atoms with Crippen LogP contribution in [-0.4, -0.2) is 24.0 Å². The molecule has 0 saturated carbocycles. The Bertz CT molecular complexity index is 541. The van der Waals surface area contributed by atoms with Gasteiger partial charge in [-0.3, -0.25) is 4.79 Å². The molecule has 0 saturated heterocycles. The van der Waals surface area contributed by atoms with Crippen LogP contribution in [0.4, 0.5) is 0 Å². The first-order valence-corrected chi connectivity index (χ1v) is 6.21. The van der Waals surface area contributed by atoms with Gasteiger partial charge in [0.05, 0.1) is 0 Å². The van der Waals surface area contributed by atoms with Crippen LogP contribution in [0.15, 0.2) is 27.7 Å². The van der Waals surface area contributed by atoms with Crippen molar-refractivity contribution < 1.29 is 9.53 Å². The number of benzene rings is 1. The van der Waals surface area contributed by atoms with E-state index in [1.54, 1.807) is 0 Å². The zero-order chi connectivity index (χ0) is 12.0. The van der Waals surface area contributed by atoms with Gasteiger partial charge in [0.1, 0.15) is 6.61 Å². The molecule has 1 heterocycles. The molecule has 0 bridgehead atoms. The van der Waals surface area contributed by atoms with Crippen LogP contribution in [0.25, 0.3) is 0 Å². The van der Waals surface area contributed by atoms with Crippen molar-refractivity contribution in [3.8, 4) is 0 Å². The lowest BCUT2D eigenvalue weighted by Gasteiger charge is -2.28. The lowest BCUT2D eigenvalue weighted by atomic mass is 9.78. The first-order valence-electron chi connectivity index (χ1n) is 5.42. The Balaban J connectivity index is 2.09. The SMILES string of the molecule is NC1=N[C@]2(CCc3ccc(Br)cc3C2=O)CO1. The number of carbonyl (C=O) groups is 1. The van der Waals surface area contributed by atoms with Gasteiger partial charge in [-0.1, -0.05) is 22.0 Å². The Kier molecular flexibility index (Phi) is 2.26. The van der Waals surface area contributed by atoms with Crippen molar-refractivity contribution in [3.63, 3.8) is 0 Å². The Morgan fingerprint density at radius 2 is 2.29 bits per heavy atom. The number of aliphatic imine (C=N–C) groups is 1. The molecule has 0 fully saturated rings. The minimum absolute atomic E-state index is 0.0144. The zero-order valence-corrected chi connectivity index (χ0v) is 10.7. The summed E-state index contributed by atoms with van der Waals surface area (Å²) in [6, 6.07) is 5.90. The van der Waals surface area contributed by atoms with Gasteiger partial charge in [0.2, 0.25) is 0 Å². The molecule has 3 rings (SSSR count). The van der Waals surface area contributed by atoms with Crippen LogP contribution in [0.5, 0.6) is 0 Å². The fourth-order valence-corrected chi connectivity index (χ4v) is 2.76. The summed E-state index contributed by atoms with van der Waals surface area (Å²) < 4.78 is 6.06. The fraction of sp³-hybridized carbons (Fsp3) is 0.333. The van der Waals surface area contributed by atoms with Crippen LogP contribution in [0.2, 0.25) is 0 Å². The molecule has 0 radical (unpaired) electrons. The summed E-state index contributed by atoms with van der Waals surface area (Å²) in [5.41, 5.74) is 6.54. The Morgan fingerprint density at radius 3 is 3.00 bits per heavy atom. The number of hydrogen-bond acceptors (Lipinski definition) is 4. The van der Waals surface area contributed by atoms with E-state index in [0.717, 1.165) is 22.0 Å². The van der Waals surface area contributed by atoms with Crippen molar-refractivity contribution in [2.75, 3.05) is 6.61 Å². The molecule has 1 aromatic rings. The molecule has 1 aliphatic carbocycles. The van der Waals surface area contributed by atoms with Gasteiger partial charge in [0.15, 0.2) is 11.3 Å². The second-order valence-electron chi connectivity index (χ2n) is 4.40. The van der Waals surface area contributed by atoms with Crippen molar-refractivity contribution in [1.82, 2.24) is 0 Å². The summed E-state index contributed by atoms with van der Waals surface area (Å²) in [7, 11) is 0. The number of fused-ring (bicyclic) bond motifs is 1. The number of ether oxygens (including phenoxy) is 1. The number of hydrogen-bond donors (Lipinski definition) is 1. The van der Waals surface area contributed by atoms with Crippen molar-refractivity contribution >= 4 is 27.7 Å². The third-order valence-electron chi connectivity index (χ3n) is 3.33. The van der Waals surface area contributed by atoms with E-state index in [1.807, 2.05) is 18.2 Å². The maximum Gasteiger partial charge on any atom is 0.283 e. The van der Waals surface area contributed by atoms with Gasteiger partial charge in [-0.05, 0) is 30.5 Å². The molecule has 1 aliphatic heterocycles. The van der Waals surface area contributed by atoms with E-state index in [2.05, 4.69) is 20.9 Å². The van der Waals surface area contributed by atoms with Gasteiger partial charge in [-0.25, -0.2) is 4.99 Å². The number of amidine groups is 1. The van der Waals surface area contributed by atoms with Crippen LogP contribution < -0.4 is 5.73 Å². The topological polar surface area (TPSA) is 64.7 Å². The summed E-state index contributed by atoms with van der Waals surface area (Å²) >= 11 is 3.38. The molecular weight excluding hydrogens is 284 g/mol. The fourth-order valence-electron chi connectivity index (χ4n) is 2.40. The molecule has 0 amide bonds. The summed E-state index contributed by atoms with van der Waals surface area (Å²) in [6.45, 7) is 0.267. The second-order valence-corrected chi connectivity index (χ2v) is 5.32. The molecule has 5 heteroatoms. The molecule has 4 nitrogen and oxygen atoms in total. The number of halogens is 1. The normalized spacial score (nSPS) is 26.6. The van der Waals surface area contributed by atoms with E-state index in [-0.39, 0.29) is 18.4 Å². The minimum Gasteiger partial charge on any atom is -0.462 e. The largest absolute Gasteiger partial charge is 0.462 e. The molecule has 17 heavy (non-hydrogen) atoms. The number of nitrogens with zero attached hydrogens (tertiary/aromatic N) is 1. The molecule has 88 valence electrons. The van der Waals surface area contributed by atoms with Gasteiger partial charge in [-0.2, -0.15) is 0 Å².